The molecule has 3 N–H and O–H groups in total. The number of ketones is 1. The summed E-state index contributed by atoms with van der Waals surface area (Å²) in [5.41, 5.74) is 0. The van der Waals surface area contributed by atoms with Gasteiger partial charge < -0.3 is 15.3 Å². The molecule has 0 aliphatic rings. The number of carboxylic acid groups (broad SMARTS) is 1. The Bertz CT molecular complexity index is 162. The van der Waals surface area contributed by atoms with Crippen LogP contribution in [0, 0.1) is 0 Å². The van der Waals surface area contributed by atoms with Gasteiger partial charge in [0, 0.05) is 6.42 Å². The van der Waals surface area contributed by atoms with Crippen molar-refractivity contribution < 1.29 is 24.9 Å². The van der Waals surface area contributed by atoms with E-state index in [-0.39, 0.29) is 0 Å². The molecule has 0 aromatic rings. The van der Waals surface area contributed by atoms with Crippen LogP contribution in [-0.4, -0.2) is 39.3 Å². The first kappa shape index (κ1) is 10.1. The molecular formula is C6H10O5. The molecule has 0 aromatic carbocycles. The summed E-state index contributed by atoms with van der Waals surface area (Å²) in [4.78, 5) is 20.6. The number of carbonyl (C=O) groups excluding carboxylic acids is 1. The molecule has 0 unspecified atom stereocenters. The van der Waals surface area contributed by atoms with E-state index in [1.54, 1.807) is 0 Å². The first-order chi connectivity index (χ1) is 4.95. The van der Waals surface area contributed by atoms with Crippen LogP contribution in [0.3, 0.4) is 0 Å². The lowest BCUT2D eigenvalue weighted by Gasteiger charge is -2.05. The fraction of sp³-hybridized carbons (Fsp3) is 0.667. The molecule has 11 heavy (non-hydrogen) atoms. The van der Waals surface area contributed by atoms with Gasteiger partial charge >= 0.3 is 5.97 Å². The smallest absolute Gasteiger partial charge is 0.332 e. The van der Waals surface area contributed by atoms with E-state index in [0.29, 0.717) is 0 Å². The maximum absolute atomic E-state index is 10.6. The number of carbonyl (C=O) groups is 2. The van der Waals surface area contributed by atoms with Crippen molar-refractivity contribution in [2.45, 2.75) is 25.6 Å². The molecule has 0 radical (unpaired) electrons. The van der Waals surface area contributed by atoms with Crippen molar-refractivity contribution >= 4 is 11.8 Å². The molecule has 0 aromatic heterocycles. The highest BCUT2D eigenvalue weighted by molar-refractivity contribution is 5.87. The molecule has 0 spiro atoms. The molecule has 0 rings (SSSR count). The van der Waals surface area contributed by atoms with Crippen LogP contribution in [0.1, 0.15) is 13.3 Å². The number of carboxylic acids is 1. The SMILES string of the molecule is C[C@H](O)C(=O)C[C@H](O)C(=O)O. The van der Waals surface area contributed by atoms with Gasteiger partial charge in [-0.05, 0) is 6.92 Å². The Hall–Kier alpha value is -0.940. The Morgan fingerprint density at radius 3 is 2.09 bits per heavy atom. The molecule has 0 aliphatic carbocycles. The zero-order valence-corrected chi connectivity index (χ0v) is 6.02. The lowest BCUT2D eigenvalue weighted by Crippen LogP contribution is -2.27. The van der Waals surface area contributed by atoms with E-state index in [1.165, 1.54) is 6.92 Å². The third-order valence-electron chi connectivity index (χ3n) is 1.15. The Morgan fingerprint density at radius 2 is 1.82 bits per heavy atom. The summed E-state index contributed by atoms with van der Waals surface area (Å²) in [5.74, 6) is -2.14. The summed E-state index contributed by atoms with van der Waals surface area (Å²) in [6.07, 6.45) is -3.48. The van der Waals surface area contributed by atoms with Gasteiger partial charge in [0.2, 0.25) is 0 Å². The van der Waals surface area contributed by atoms with E-state index in [4.69, 9.17) is 15.3 Å². The fourth-order valence-corrected chi connectivity index (χ4v) is 0.448. The quantitative estimate of drug-likeness (QED) is 0.481. The molecule has 2 atom stereocenters. The largest absolute Gasteiger partial charge is 0.479 e. The van der Waals surface area contributed by atoms with Crippen molar-refractivity contribution in [3.05, 3.63) is 0 Å². The topological polar surface area (TPSA) is 94.8 Å². The van der Waals surface area contributed by atoms with Gasteiger partial charge in [-0.2, -0.15) is 0 Å². The van der Waals surface area contributed by atoms with Gasteiger partial charge in [-0.3, -0.25) is 4.79 Å². The predicted octanol–water partition coefficient (Wildman–Crippen LogP) is -1.23. The van der Waals surface area contributed by atoms with E-state index < -0.39 is 30.4 Å². The van der Waals surface area contributed by atoms with Crippen LogP contribution in [0.2, 0.25) is 0 Å². The number of hydrogen-bond acceptors (Lipinski definition) is 4. The molecule has 0 bridgehead atoms. The minimum Gasteiger partial charge on any atom is -0.479 e. The van der Waals surface area contributed by atoms with Gasteiger partial charge in [0.05, 0.1) is 0 Å². The maximum atomic E-state index is 10.6. The Labute approximate surface area is 63.3 Å². The fourth-order valence-electron chi connectivity index (χ4n) is 0.448. The van der Waals surface area contributed by atoms with Crippen molar-refractivity contribution in [3.63, 3.8) is 0 Å². The van der Waals surface area contributed by atoms with E-state index in [9.17, 15) is 9.59 Å². The summed E-state index contributed by atoms with van der Waals surface area (Å²) in [6.45, 7) is 1.22. The van der Waals surface area contributed by atoms with Crippen LogP contribution in [0.5, 0.6) is 0 Å². The first-order valence-electron chi connectivity index (χ1n) is 3.06. The van der Waals surface area contributed by atoms with Crippen LogP contribution in [-0.2, 0) is 9.59 Å². The molecule has 0 fully saturated rings. The molecule has 0 amide bonds. The highest BCUT2D eigenvalue weighted by Gasteiger charge is 2.20. The Morgan fingerprint density at radius 1 is 1.36 bits per heavy atom. The number of aliphatic carboxylic acids is 1. The average Bonchev–Trinajstić information content (AvgIpc) is 1.87. The van der Waals surface area contributed by atoms with Crippen LogP contribution in [0.4, 0.5) is 0 Å². The monoisotopic (exact) mass is 162 g/mol. The van der Waals surface area contributed by atoms with Crippen LogP contribution in [0.25, 0.3) is 0 Å². The molecule has 0 heterocycles. The lowest BCUT2D eigenvalue weighted by atomic mass is 10.1. The number of hydrogen-bond donors (Lipinski definition) is 3. The molecule has 5 nitrogen and oxygen atoms in total. The summed E-state index contributed by atoms with van der Waals surface area (Å²) >= 11 is 0. The molecule has 0 aliphatic heterocycles. The summed E-state index contributed by atoms with van der Waals surface area (Å²) in [7, 11) is 0. The van der Waals surface area contributed by atoms with Crippen molar-refractivity contribution in [2.75, 3.05) is 0 Å². The van der Waals surface area contributed by atoms with E-state index in [1.807, 2.05) is 0 Å². The van der Waals surface area contributed by atoms with Gasteiger partial charge in [-0.1, -0.05) is 0 Å². The normalized spacial score (nSPS) is 15.5. The van der Waals surface area contributed by atoms with Crippen molar-refractivity contribution in [1.82, 2.24) is 0 Å². The van der Waals surface area contributed by atoms with Crippen molar-refractivity contribution in [1.29, 1.82) is 0 Å². The van der Waals surface area contributed by atoms with E-state index in [2.05, 4.69) is 0 Å². The summed E-state index contributed by atoms with van der Waals surface area (Å²) < 4.78 is 0. The minimum atomic E-state index is -1.71. The Kier molecular flexibility index (Phi) is 3.70. The number of aliphatic hydroxyl groups excluding tert-OH is 2. The van der Waals surface area contributed by atoms with Gasteiger partial charge in [0.1, 0.15) is 6.10 Å². The molecule has 0 saturated heterocycles. The van der Waals surface area contributed by atoms with Crippen molar-refractivity contribution in [3.8, 4) is 0 Å². The van der Waals surface area contributed by atoms with Crippen molar-refractivity contribution in [2.24, 2.45) is 0 Å². The first-order valence-corrected chi connectivity index (χ1v) is 3.06. The number of aliphatic hydroxyl groups is 2. The van der Waals surface area contributed by atoms with Gasteiger partial charge in [0.25, 0.3) is 0 Å². The van der Waals surface area contributed by atoms with Gasteiger partial charge in [-0.15, -0.1) is 0 Å². The highest BCUT2D eigenvalue weighted by atomic mass is 16.4. The Balaban J connectivity index is 3.85. The second-order valence-corrected chi connectivity index (χ2v) is 2.20. The third kappa shape index (κ3) is 3.69. The maximum Gasteiger partial charge on any atom is 0.332 e. The van der Waals surface area contributed by atoms with E-state index >= 15 is 0 Å². The highest BCUT2D eigenvalue weighted by Crippen LogP contribution is 1.96. The predicted molar refractivity (Wildman–Crippen MR) is 34.9 cm³/mol. The van der Waals surface area contributed by atoms with Gasteiger partial charge in [-0.25, -0.2) is 4.79 Å². The minimum absolute atomic E-state index is 0.549. The molecule has 5 heteroatoms. The van der Waals surface area contributed by atoms with Crippen LogP contribution >= 0.6 is 0 Å². The summed E-state index contributed by atoms with van der Waals surface area (Å²) in [6, 6.07) is 0. The van der Waals surface area contributed by atoms with E-state index in [0.717, 1.165) is 0 Å². The average molecular weight is 162 g/mol. The third-order valence-corrected chi connectivity index (χ3v) is 1.15. The lowest BCUT2D eigenvalue weighted by molar-refractivity contribution is -0.149. The zero-order valence-electron chi connectivity index (χ0n) is 6.02. The second-order valence-electron chi connectivity index (χ2n) is 2.20. The van der Waals surface area contributed by atoms with Gasteiger partial charge in [0.15, 0.2) is 11.9 Å². The number of rotatable bonds is 4. The summed E-state index contributed by atoms with van der Waals surface area (Å²) in [5, 5.41) is 25.3. The van der Waals surface area contributed by atoms with Crippen LogP contribution in [0.15, 0.2) is 0 Å². The molecule has 64 valence electrons. The zero-order chi connectivity index (χ0) is 9.02. The molecular weight excluding hydrogens is 152 g/mol. The number of Topliss-reactive ketones (excluding diaryl/α,β-unsaturated/α-hetero) is 1. The second kappa shape index (κ2) is 4.05. The standard InChI is InChI=1S/C6H10O5/c1-3(7)4(8)2-5(9)6(10)11/h3,5,7,9H,2H2,1H3,(H,10,11)/t3-,5-/m0/s1. The van der Waals surface area contributed by atoms with Crippen LogP contribution < -0.4 is 0 Å². The molecule has 0 saturated carbocycles.